The van der Waals surface area contributed by atoms with Crippen LogP contribution in [-0.2, 0) is 21.4 Å². The molecule has 0 saturated heterocycles. The Hall–Kier alpha value is -1.60. The lowest BCUT2D eigenvalue weighted by molar-refractivity contribution is -0.122. The van der Waals surface area contributed by atoms with Crippen molar-refractivity contribution in [2.45, 2.75) is 44.2 Å². The molecule has 28 heavy (non-hydrogen) atoms. The average Bonchev–Trinajstić information content (AvgIpc) is 2.63. The summed E-state index contributed by atoms with van der Waals surface area (Å²) in [7, 11) is -3.89. The van der Waals surface area contributed by atoms with E-state index in [2.05, 4.69) is 5.32 Å². The van der Waals surface area contributed by atoms with Crippen LogP contribution in [0.2, 0.25) is 10.0 Å². The van der Waals surface area contributed by atoms with Crippen molar-refractivity contribution in [3.05, 3.63) is 64.1 Å². The van der Waals surface area contributed by atoms with E-state index in [1.54, 1.807) is 24.3 Å². The van der Waals surface area contributed by atoms with E-state index in [-0.39, 0.29) is 29.9 Å². The standard InChI is InChI=1S/C20H24Cl2N2O3S/c1-3-4-15(2)23-20(25)14-24(13-16-5-7-17(21)8-6-16)28(26,27)19-11-9-18(22)10-12-19/h5-12,15H,3-4,13-14H2,1-2H3,(H,23,25)/t15-/m1/s1. The second kappa shape index (κ2) is 10.3. The van der Waals surface area contributed by atoms with Crippen molar-refractivity contribution in [3.63, 3.8) is 0 Å². The summed E-state index contributed by atoms with van der Waals surface area (Å²) in [6, 6.07) is 12.7. The third kappa shape index (κ3) is 6.48. The van der Waals surface area contributed by atoms with Gasteiger partial charge in [-0.3, -0.25) is 4.79 Å². The molecule has 0 heterocycles. The van der Waals surface area contributed by atoms with Crippen molar-refractivity contribution in [2.24, 2.45) is 0 Å². The molecule has 2 aromatic rings. The predicted molar refractivity (Wildman–Crippen MR) is 113 cm³/mol. The Morgan fingerprint density at radius 3 is 2.11 bits per heavy atom. The first kappa shape index (κ1) is 22.7. The molecule has 0 unspecified atom stereocenters. The lowest BCUT2D eigenvalue weighted by atomic mass is 10.2. The topological polar surface area (TPSA) is 66.5 Å². The highest BCUT2D eigenvalue weighted by molar-refractivity contribution is 7.89. The van der Waals surface area contributed by atoms with E-state index in [0.29, 0.717) is 10.0 Å². The highest BCUT2D eigenvalue weighted by atomic mass is 35.5. The molecule has 2 aromatic carbocycles. The molecule has 0 aromatic heterocycles. The summed E-state index contributed by atoms with van der Waals surface area (Å²) in [5.74, 6) is -0.340. The molecule has 152 valence electrons. The van der Waals surface area contributed by atoms with Gasteiger partial charge >= 0.3 is 0 Å². The van der Waals surface area contributed by atoms with Crippen LogP contribution in [0.15, 0.2) is 53.4 Å². The van der Waals surface area contributed by atoms with Crippen LogP contribution >= 0.6 is 23.2 Å². The molecule has 8 heteroatoms. The number of hydrogen-bond acceptors (Lipinski definition) is 3. The number of amides is 1. The van der Waals surface area contributed by atoms with Crippen LogP contribution in [0.4, 0.5) is 0 Å². The smallest absolute Gasteiger partial charge is 0.243 e. The Labute approximate surface area is 176 Å². The summed E-state index contributed by atoms with van der Waals surface area (Å²) in [5, 5.41) is 3.85. The first-order chi connectivity index (χ1) is 13.2. The van der Waals surface area contributed by atoms with E-state index >= 15 is 0 Å². The molecule has 1 atom stereocenters. The molecule has 0 radical (unpaired) electrons. The SMILES string of the molecule is CCC[C@@H](C)NC(=O)CN(Cc1ccc(Cl)cc1)S(=O)(=O)c1ccc(Cl)cc1. The van der Waals surface area contributed by atoms with Crippen LogP contribution in [0.3, 0.4) is 0 Å². The lowest BCUT2D eigenvalue weighted by Crippen LogP contribution is -2.43. The zero-order valence-electron chi connectivity index (χ0n) is 15.9. The molecular weight excluding hydrogens is 419 g/mol. The maximum absolute atomic E-state index is 13.1. The first-order valence-electron chi connectivity index (χ1n) is 9.02. The number of halogens is 2. The second-order valence-corrected chi connectivity index (χ2v) is 9.42. The Kier molecular flexibility index (Phi) is 8.31. The molecule has 0 aliphatic rings. The molecule has 0 spiro atoms. The van der Waals surface area contributed by atoms with E-state index in [0.717, 1.165) is 22.7 Å². The van der Waals surface area contributed by atoms with Gasteiger partial charge in [-0.25, -0.2) is 8.42 Å². The Balaban J connectivity index is 2.27. The fraction of sp³-hybridized carbons (Fsp3) is 0.350. The zero-order valence-corrected chi connectivity index (χ0v) is 18.2. The van der Waals surface area contributed by atoms with Crippen molar-refractivity contribution >= 4 is 39.1 Å². The summed E-state index contributed by atoms with van der Waals surface area (Å²) in [6.45, 7) is 3.71. The van der Waals surface area contributed by atoms with Gasteiger partial charge in [0.1, 0.15) is 0 Å². The van der Waals surface area contributed by atoms with Gasteiger partial charge in [0.25, 0.3) is 0 Å². The fourth-order valence-electron chi connectivity index (χ4n) is 2.76. The molecule has 0 aliphatic carbocycles. The maximum Gasteiger partial charge on any atom is 0.243 e. The zero-order chi connectivity index (χ0) is 20.7. The van der Waals surface area contributed by atoms with Gasteiger partial charge < -0.3 is 5.32 Å². The van der Waals surface area contributed by atoms with Crippen molar-refractivity contribution in [3.8, 4) is 0 Å². The molecule has 0 bridgehead atoms. The van der Waals surface area contributed by atoms with Crippen LogP contribution < -0.4 is 5.32 Å². The minimum atomic E-state index is -3.89. The first-order valence-corrected chi connectivity index (χ1v) is 11.2. The number of benzene rings is 2. The summed E-state index contributed by atoms with van der Waals surface area (Å²) in [6.07, 6.45) is 1.76. The number of carbonyl (C=O) groups excluding carboxylic acids is 1. The van der Waals surface area contributed by atoms with Gasteiger partial charge in [0, 0.05) is 22.6 Å². The average molecular weight is 443 g/mol. The Morgan fingerprint density at radius 1 is 1.04 bits per heavy atom. The molecular formula is C20H24Cl2N2O3S. The summed E-state index contributed by atoms with van der Waals surface area (Å²) < 4.78 is 27.4. The van der Waals surface area contributed by atoms with E-state index in [9.17, 15) is 13.2 Å². The number of hydrogen-bond donors (Lipinski definition) is 1. The summed E-state index contributed by atoms with van der Waals surface area (Å²) in [4.78, 5) is 12.5. The lowest BCUT2D eigenvalue weighted by Gasteiger charge is -2.23. The minimum Gasteiger partial charge on any atom is -0.353 e. The molecule has 1 N–H and O–H groups in total. The van der Waals surface area contributed by atoms with E-state index < -0.39 is 10.0 Å². The van der Waals surface area contributed by atoms with Crippen LogP contribution in [0.5, 0.6) is 0 Å². The minimum absolute atomic E-state index is 0.0203. The number of sulfonamides is 1. The Morgan fingerprint density at radius 2 is 1.57 bits per heavy atom. The summed E-state index contributed by atoms with van der Waals surface area (Å²) in [5.41, 5.74) is 0.733. The highest BCUT2D eigenvalue weighted by Gasteiger charge is 2.27. The van der Waals surface area contributed by atoms with Crippen LogP contribution in [-0.4, -0.2) is 31.2 Å². The van der Waals surface area contributed by atoms with Crippen LogP contribution in [0.25, 0.3) is 0 Å². The predicted octanol–water partition coefficient (Wildman–Crippen LogP) is 4.49. The van der Waals surface area contributed by atoms with Crippen molar-refractivity contribution in [1.29, 1.82) is 0 Å². The van der Waals surface area contributed by atoms with Crippen molar-refractivity contribution < 1.29 is 13.2 Å². The van der Waals surface area contributed by atoms with Crippen LogP contribution in [0.1, 0.15) is 32.3 Å². The summed E-state index contributed by atoms with van der Waals surface area (Å²) >= 11 is 11.8. The quantitative estimate of drug-likeness (QED) is 0.621. The second-order valence-electron chi connectivity index (χ2n) is 6.61. The van der Waals surface area contributed by atoms with Gasteiger partial charge in [-0.2, -0.15) is 4.31 Å². The van der Waals surface area contributed by atoms with Gasteiger partial charge in [-0.05, 0) is 55.3 Å². The van der Waals surface area contributed by atoms with Crippen molar-refractivity contribution in [1.82, 2.24) is 9.62 Å². The Bertz CT molecular complexity index is 885. The van der Waals surface area contributed by atoms with Crippen LogP contribution in [0, 0.1) is 0 Å². The van der Waals surface area contributed by atoms with Gasteiger partial charge in [-0.1, -0.05) is 48.7 Å². The number of carbonyl (C=O) groups is 1. The fourth-order valence-corrected chi connectivity index (χ4v) is 4.40. The molecule has 0 saturated carbocycles. The van der Waals surface area contributed by atoms with Gasteiger partial charge in [0.05, 0.1) is 11.4 Å². The number of rotatable bonds is 9. The number of nitrogens with zero attached hydrogens (tertiary/aromatic N) is 1. The molecule has 0 fully saturated rings. The monoisotopic (exact) mass is 442 g/mol. The maximum atomic E-state index is 13.1. The van der Waals surface area contributed by atoms with E-state index in [4.69, 9.17) is 23.2 Å². The third-order valence-corrected chi connectivity index (χ3v) is 6.48. The molecule has 1 amide bonds. The van der Waals surface area contributed by atoms with Crippen molar-refractivity contribution in [2.75, 3.05) is 6.54 Å². The van der Waals surface area contributed by atoms with E-state index in [1.165, 1.54) is 24.3 Å². The van der Waals surface area contributed by atoms with E-state index in [1.807, 2.05) is 13.8 Å². The van der Waals surface area contributed by atoms with Gasteiger partial charge in [-0.15, -0.1) is 0 Å². The molecule has 2 rings (SSSR count). The molecule has 5 nitrogen and oxygen atoms in total. The highest BCUT2D eigenvalue weighted by Crippen LogP contribution is 2.21. The third-order valence-electron chi connectivity index (χ3n) is 4.17. The van der Waals surface area contributed by atoms with Gasteiger partial charge in [0.2, 0.25) is 15.9 Å². The van der Waals surface area contributed by atoms with Gasteiger partial charge in [0.15, 0.2) is 0 Å². The normalized spacial score (nSPS) is 12.8. The molecule has 0 aliphatic heterocycles. The number of nitrogens with one attached hydrogen (secondary N) is 1. The largest absolute Gasteiger partial charge is 0.353 e.